The summed E-state index contributed by atoms with van der Waals surface area (Å²) in [5.74, 6) is 0.609. The third-order valence-corrected chi connectivity index (χ3v) is 6.21. The van der Waals surface area contributed by atoms with Crippen molar-refractivity contribution in [1.82, 2.24) is 20.1 Å². The molecule has 4 aromatic rings. The van der Waals surface area contributed by atoms with E-state index in [2.05, 4.69) is 27.6 Å². The van der Waals surface area contributed by atoms with Gasteiger partial charge in [0.15, 0.2) is 11.0 Å². The SMILES string of the molecule is O=C(CSc1nnc(-c2cccs2)n1Cc1ccccc1)NCc1ccc(F)cc1. The number of halogens is 1. The predicted octanol–water partition coefficient (Wildman–Crippen LogP) is 4.60. The zero-order chi connectivity index (χ0) is 20.8. The highest BCUT2D eigenvalue weighted by Gasteiger charge is 2.16. The van der Waals surface area contributed by atoms with Gasteiger partial charge < -0.3 is 5.32 Å². The first-order valence-corrected chi connectivity index (χ1v) is 11.2. The molecular formula is C22H19FN4OS2. The van der Waals surface area contributed by atoms with E-state index in [4.69, 9.17) is 0 Å². The summed E-state index contributed by atoms with van der Waals surface area (Å²) >= 11 is 2.96. The van der Waals surface area contributed by atoms with E-state index in [0.717, 1.165) is 21.8 Å². The summed E-state index contributed by atoms with van der Waals surface area (Å²) in [5.41, 5.74) is 1.99. The van der Waals surface area contributed by atoms with Crippen LogP contribution < -0.4 is 5.32 Å². The Morgan fingerprint density at radius 1 is 1.00 bits per heavy atom. The molecule has 152 valence electrons. The van der Waals surface area contributed by atoms with Crippen LogP contribution in [0.4, 0.5) is 4.39 Å². The van der Waals surface area contributed by atoms with Gasteiger partial charge in [-0.05, 0) is 34.7 Å². The minimum atomic E-state index is -0.292. The molecule has 0 bridgehead atoms. The first-order valence-electron chi connectivity index (χ1n) is 9.34. The van der Waals surface area contributed by atoms with Crippen LogP contribution in [-0.2, 0) is 17.9 Å². The summed E-state index contributed by atoms with van der Waals surface area (Å²) in [6.07, 6.45) is 0. The van der Waals surface area contributed by atoms with Crippen LogP contribution in [0.3, 0.4) is 0 Å². The van der Waals surface area contributed by atoms with E-state index < -0.39 is 0 Å². The second kappa shape index (κ2) is 9.69. The molecule has 8 heteroatoms. The van der Waals surface area contributed by atoms with Crippen molar-refractivity contribution in [3.05, 3.63) is 89.1 Å². The van der Waals surface area contributed by atoms with Gasteiger partial charge in [-0.25, -0.2) is 4.39 Å². The highest BCUT2D eigenvalue weighted by molar-refractivity contribution is 7.99. The van der Waals surface area contributed by atoms with Crippen LogP contribution in [0, 0.1) is 5.82 Å². The maximum absolute atomic E-state index is 13.0. The lowest BCUT2D eigenvalue weighted by atomic mass is 10.2. The number of rotatable bonds is 8. The summed E-state index contributed by atoms with van der Waals surface area (Å²) in [7, 11) is 0. The van der Waals surface area contributed by atoms with E-state index in [1.54, 1.807) is 23.5 Å². The van der Waals surface area contributed by atoms with Crippen molar-refractivity contribution in [2.75, 3.05) is 5.75 Å². The summed E-state index contributed by atoms with van der Waals surface area (Å²) in [6.45, 7) is 0.984. The molecule has 0 saturated carbocycles. The average molecular weight is 439 g/mol. The van der Waals surface area contributed by atoms with Gasteiger partial charge in [0.1, 0.15) is 5.82 Å². The van der Waals surface area contributed by atoms with E-state index in [1.807, 2.05) is 40.3 Å². The van der Waals surface area contributed by atoms with Gasteiger partial charge in [-0.1, -0.05) is 60.3 Å². The Balaban J connectivity index is 1.44. The van der Waals surface area contributed by atoms with Crippen LogP contribution in [0.25, 0.3) is 10.7 Å². The molecule has 0 aliphatic rings. The second-order valence-corrected chi connectivity index (χ2v) is 8.44. The third-order valence-electron chi connectivity index (χ3n) is 4.38. The van der Waals surface area contributed by atoms with Gasteiger partial charge in [0.05, 0.1) is 17.2 Å². The van der Waals surface area contributed by atoms with Gasteiger partial charge in [-0.15, -0.1) is 21.5 Å². The first-order chi connectivity index (χ1) is 14.7. The standard InChI is InChI=1S/C22H19FN4OS2/c23-18-10-8-16(9-11-18)13-24-20(28)15-30-22-26-25-21(19-7-4-12-29-19)27(22)14-17-5-2-1-3-6-17/h1-12H,13-15H2,(H,24,28). The maximum atomic E-state index is 13.0. The number of hydrogen-bond acceptors (Lipinski definition) is 5. The van der Waals surface area contributed by atoms with Gasteiger partial charge in [0, 0.05) is 6.54 Å². The van der Waals surface area contributed by atoms with Crippen LogP contribution in [0.2, 0.25) is 0 Å². The van der Waals surface area contributed by atoms with Crippen molar-refractivity contribution in [2.24, 2.45) is 0 Å². The van der Waals surface area contributed by atoms with E-state index in [0.29, 0.717) is 18.2 Å². The molecule has 1 amide bonds. The van der Waals surface area contributed by atoms with Crippen LogP contribution in [-0.4, -0.2) is 26.4 Å². The summed E-state index contributed by atoms with van der Waals surface area (Å²) < 4.78 is 15.0. The Morgan fingerprint density at radius 2 is 1.80 bits per heavy atom. The van der Waals surface area contributed by atoms with E-state index in [9.17, 15) is 9.18 Å². The van der Waals surface area contributed by atoms with Crippen LogP contribution in [0.15, 0.2) is 77.3 Å². The smallest absolute Gasteiger partial charge is 0.230 e. The average Bonchev–Trinajstić information content (AvgIpc) is 3.43. The molecule has 1 N–H and O–H groups in total. The topological polar surface area (TPSA) is 59.8 Å². The van der Waals surface area contributed by atoms with Crippen molar-refractivity contribution in [3.8, 4) is 10.7 Å². The van der Waals surface area contributed by atoms with Gasteiger partial charge in [-0.3, -0.25) is 9.36 Å². The molecule has 0 aliphatic carbocycles. The predicted molar refractivity (Wildman–Crippen MR) is 118 cm³/mol. The lowest BCUT2D eigenvalue weighted by Crippen LogP contribution is -2.24. The largest absolute Gasteiger partial charge is 0.351 e. The number of thiophene rings is 1. The Kier molecular flexibility index (Phi) is 6.56. The number of carbonyl (C=O) groups is 1. The van der Waals surface area contributed by atoms with Crippen LogP contribution in [0.1, 0.15) is 11.1 Å². The number of nitrogens with zero attached hydrogens (tertiary/aromatic N) is 3. The number of carbonyl (C=O) groups excluding carboxylic acids is 1. The number of hydrogen-bond donors (Lipinski definition) is 1. The molecule has 0 aliphatic heterocycles. The zero-order valence-electron chi connectivity index (χ0n) is 16.0. The molecule has 0 fully saturated rings. The Morgan fingerprint density at radius 3 is 2.53 bits per heavy atom. The molecule has 0 saturated heterocycles. The minimum Gasteiger partial charge on any atom is -0.351 e. The molecule has 0 radical (unpaired) electrons. The maximum Gasteiger partial charge on any atom is 0.230 e. The van der Waals surface area contributed by atoms with Crippen molar-refractivity contribution >= 4 is 29.0 Å². The molecular weight excluding hydrogens is 419 g/mol. The molecule has 2 aromatic heterocycles. The van der Waals surface area contributed by atoms with E-state index in [-0.39, 0.29) is 17.5 Å². The van der Waals surface area contributed by atoms with Gasteiger partial charge >= 0.3 is 0 Å². The molecule has 0 unspecified atom stereocenters. The third kappa shape index (κ3) is 5.14. The number of aromatic nitrogens is 3. The van der Waals surface area contributed by atoms with E-state index in [1.165, 1.54) is 23.9 Å². The highest BCUT2D eigenvalue weighted by Crippen LogP contribution is 2.28. The summed E-state index contributed by atoms with van der Waals surface area (Å²) in [4.78, 5) is 13.3. The highest BCUT2D eigenvalue weighted by atomic mass is 32.2. The summed E-state index contributed by atoms with van der Waals surface area (Å²) in [6, 6.07) is 20.2. The van der Waals surface area contributed by atoms with E-state index >= 15 is 0 Å². The Labute approximate surface area is 182 Å². The lowest BCUT2D eigenvalue weighted by molar-refractivity contribution is -0.118. The van der Waals surface area contributed by atoms with Gasteiger partial charge in [0.2, 0.25) is 5.91 Å². The fourth-order valence-corrected chi connectivity index (χ4v) is 4.36. The Hall–Kier alpha value is -2.97. The number of thioether (sulfide) groups is 1. The van der Waals surface area contributed by atoms with Gasteiger partial charge in [-0.2, -0.15) is 0 Å². The zero-order valence-corrected chi connectivity index (χ0v) is 17.6. The first kappa shape index (κ1) is 20.3. The number of amides is 1. The monoisotopic (exact) mass is 438 g/mol. The number of benzene rings is 2. The van der Waals surface area contributed by atoms with Crippen LogP contribution >= 0.6 is 23.1 Å². The quantitative estimate of drug-likeness (QED) is 0.409. The molecule has 2 aromatic carbocycles. The van der Waals surface area contributed by atoms with Crippen molar-refractivity contribution < 1.29 is 9.18 Å². The normalized spacial score (nSPS) is 10.8. The fourth-order valence-electron chi connectivity index (χ4n) is 2.88. The van der Waals surface area contributed by atoms with Crippen molar-refractivity contribution in [2.45, 2.75) is 18.2 Å². The van der Waals surface area contributed by atoms with Crippen molar-refractivity contribution in [1.29, 1.82) is 0 Å². The minimum absolute atomic E-state index is 0.115. The number of nitrogens with one attached hydrogen (secondary N) is 1. The second-order valence-electron chi connectivity index (χ2n) is 6.55. The molecule has 30 heavy (non-hydrogen) atoms. The molecule has 0 atom stereocenters. The lowest BCUT2D eigenvalue weighted by Gasteiger charge is -2.10. The van der Waals surface area contributed by atoms with Gasteiger partial charge in [0.25, 0.3) is 0 Å². The fraction of sp³-hybridized carbons (Fsp3) is 0.136. The summed E-state index contributed by atoms with van der Waals surface area (Å²) in [5, 5.41) is 14.3. The molecule has 4 rings (SSSR count). The molecule has 2 heterocycles. The van der Waals surface area contributed by atoms with Crippen LogP contribution in [0.5, 0.6) is 0 Å². The molecule has 5 nitrogen and oxygen atoms in total. The Bertz CT molecular complexity index is 1100. The van der Waals surface area contributed by atoms with Crippen molar-refractivity contribution in [3.63, 3.8) is 0 Å². The molecule has 0 spiro atoms.